The summed E-state index contributed by atoms with van der Waals surface area (Å²) in [6.45, 7) is 5.40. The number of carboxylic acid groups (broad SMARTS) is 1. The van der Waals surface area contributed by atoms with E-state index in [4.69, 9.17) is 0 Å². The normalized spacial score (nSPS) is 16.1. The molecule has 1 saturated heterocycles. The maximum atomic E-state index is 11.4. The fraction of sp³-hybridized carbons (Fsp3) is 0.438. The highest BCUT2D eigenvalue weighted by atomic mass is 16.4. The molecule has 20 heavy (non-hydrogen) atoms. The zero-order chi connectivity index (χ0) is 14.1. The van der Waals surface area contributed by atoms with Gasteiger partial charge in [-0.25, -0.2) is 4.79 Å². The summed E-state index contributed by atoms with van der Waals surface area (Å²) in [7, 11) is 0. The van der Waals surface area contributed by atoms with Crippen molar-refractivity contribution in [1.82, 2.24) is 9.88 Å². The summed E-state index contributed by atoms with van der Waals surface area (Å²) >= 11 is 0. The number of hydrogen-bond acceptors (Lipinski definition) is 2. The van der Waals surface area contributed by atoms with Crippen LogP contribution in [0.2, 0.25) is 0 Å². The first-order valence-corrected chi connectivity index (χ1v) is 7.22. The molecule has 0 atom stereocenters. The van der Waals surface area contributed by atoms with Crippen LogP contribution < -0.4 is 0 Å². The number of rotatable bonds is 4. The molecule has 1 fully saturated rings. The lowest BCUT2D eigenvalue weighted by Gasteiger charge is -2.14. The molecule has 1 aromatic heterocycles. The number of H-pyrrole nitrogens is 1. The van der Waals surface area contributed by atoms with Gasteiger partial charge in [0.2, 0.25) is 0 Å². The van der Waals surface area contributed by atoms with Gasteiger partial charge in [-0.3, -0.25) is 0 Å². The van der Waals surface area contributed by atoms with Crippen molar-refractivity contribution in [2.45, 2.75) is 26.2 Å². The molecular formula is C16H20N2O2. The maximum absolute atomic E-state index is 11.4. The minimum absolute atomic E-state index is 0.406. The van der Waals surface area contributed by atoms with Gasteiger partial charge in [0, 0.05) is 23.1 Å². The van der Waals surface area contributed by atoms with Crippen LogP contribution in [0.25, 0.3) is 10.9 Å². The van der Waals surface area contributed by atoms with Crippen molar-refractivity contribution in [1.29, 1.82) is 0 Å². The Hall–Kier alpha value is -1.81. The average Bonchev–Trinajstić information content (AvgIpc) is 3.02. The Morgan fingerprint density at radius 2 is 2.10 bits per heavy atom. The van der Waals surface area contributed by atoms with Crippen molar-refractivity contribution in [2.24, 2.45) is 0 Å². The fourth-order valence-corrected chi connectivity index (χ4v) is 3.21. The van der Waals surface area contributed by atoms with E-state index in [1.807, 2.05) is 13.0 Å². The highest BCUT2D eigenvalue weighted by Gasteiger charge is 2.18. The third kappa shape index (κ3) is 2.31. The molecule has 0 spiro atoms. The lowest BCUT2D eigenvalue weighted by molar-refractivity contribution is 0.0699. The molecule has 4 heteroatoms. The van der Waals surface area contributed by atoms with Gasteiger partial charge < -0.3 is 15.0 Å². The summed E-state index contributed by atoms with van der Waals surface area (Å²) in [5.74, 6) is -0.850. The minimum atomic E-state index is -0.850. The summed E-state index contributed by atoms with van der Waals surface area (Å²) in [4.78, 5) is 17.2. The largest absolute Gasteiger partial charge is 0.478 e. The number of nitrogens with one attached hydrogen (secondary N) is 1. The van der Waals surface area contributed by atoms with Crippen LogP contribution in [0.15, 0.2) is 18.2 Å². The molecule has 1 aliphatic heterocycles. The van der Waals surface area contributed by atoms with Crippen molar-refractivity contribution in [3.05, 3.63) is 35.0 Å². The van der Waals surface area contributed by atoms with Gasteiger partial charge in [-0.2, -0.15) is 0 Å². The first-order valence-electron chi connectivity index (χ1n) is 7.22. The molecular weight excluding hydrogens is 252 g/mol. The van der Waals surface area contributed by atoms with E-state index < -0.39 is 5.97 Å². The van der Waals surface area contributed by atoms with Gasteiger partial charge >= 0.3 is 5.97 Å². The van der Waals surface area contributed by atoms with E-state index in [1.165, 1.54) is 25.9 Å². The molecule has 0 bridgehead atoms. The number of carbonyl (C=O) groups is 1. The molecule has 1 aliphatic rings. The summed E-state index contributed by atoms with van der Waals surface area (Å²) in [6.07, 6.45) is 3.48. The Labute approximate surface area is 118 Å². The molecule has 2 N–H and O–H groups in total. The zero-order valence-corrected chi connectivity index (χ0v) is 11.8. The SMILES string of the molecule is Cc1[nH]c2cccc(C(=O)O)c2c1CCN1CCCC1. The summed E-state index contributed by atoms with van der Waals surface area (Å²) in [6, 6.07) is 5.44. The number of nitrogens with zero attached hydrogens (tertiary/aromatic N) is 1. The zero-order valence-electron chi connectivity index (χ0n) is 11.8. The number of fused-ring (bicyclic) bond motifs is 1. The summed E-state index contributed by atoms with van der Waals surface area (Å²) < 4.78 is 0. The summed E-state index contributed by atoms with van der Waals surface area (Å²) in [5.41, 5.74) is 3.58. The van der Waals surface area contributed by atoms with E-state index in [2.05, 4.69) is 9.88 Å². The Morgan fingerprint density at radius 1 is 1.35 bits per heavy atom. The molecule has 1 aromatic carbocycles. The molecule has 106 valence electrons. The van der Waals surface area contributed by atoms with Crippen molar-refractivity contribution < 1.29 is 9.90 Å². The Morgan fingerprint density at radius 3 is 2.80 bits per heavy atom. The molecule has 0 amide bonds. The van der Waals surface area contributed by atoms with Gasteiger partial charge in [-0.1, -0.05) is 6.07 Å². The lowest BCUT2D eigenvalue weighted by Crippen LogP contribution is -2.22. The van der Waals surface area contributed by atoms with Crippen molar-refractivity contribution >= 4 is 16.9 Å². The van der Waals surface area contributed by atoms with Crippen LogP contribution in [0, 0.1) is 6.92 Å². The lowest BCUT2D eigenvalue weighted by atomic mass is 10.0. The quantitative estimate of drug-likeness (QED) is 0.900. The molecule has 0 radical (unpaired) electrons. The van der Waals surface area contributed by atoms with E-state index in [-0.39, 0.29) is 0 Å². The number of benzene rings is 1. The number of aromatic nitrogens is 1. The van der Waals surface area contributed by atoms with E-state index in [0.717, 1.165) is 35.1 Å². The molecule has 4 nitrogen and oxygen atoms in total. The first-order chi connectivity index (χ1) is 9.66. The van der Waals surface area contributed by atoms with Crippen LogP contribution in [-0.2, 0) is 6.42 Å². The van der Waals surface area contributed by atoms with E-state index in [9.17, 15) is 9.90 Å². The number of aromatic carboxylic acids is 1. The molecule has 0 saturated carbocycles. The smallest absolute Gasteiger partial charge is 0.336 e. The monoisotopic (exact) mass is 272 g/mol. The standard InChI is InChI=1S/C16H20N2O2/c1-11-12(7-10-18-8-2-3-9-18)15-13(16(19)20)5-4-6-14(15)17-11/h4-6,17H,2-3,7-10H2,1H3,(H,19,20). The third-order valence-electron chi connectivity index (χ3n) is 4.25. The second-order valence-electron chi connectivity index (χ2n) is 5.56. The van der Waals surface area contributed by atoms with Crippen LogP contribution in [0.5, 0.6) is 0 Å². The van der Waals surface area contributed by atoms with Gasteiger partial charge in [0.1, 0.15) is 0 Å². The van der Waals surface area contributed by atoms with E-state index in [0.29, 0.717) is 5.56 Å². The Balaban J connectivity index is 1.95. The highest BCUT2D eigenvalue weighted by Crippen LogP contribution is 2.27. The third-order valence-corrected chi connectivity index (χ3v) is 4.25. The van der Waals surface area contributed by atoms with Gasteiger partial charge in [0.15, 0.2) is 0 Å². The molecule has 0 unspecified atom stereocenters. The predicted molar refractivity (Wildman–Crippen MR) is 79.4 cm³/mol. The van der Waals surface area contributed by atoms with Crippen molar-refractivity contribution in [2.75, 3.05) is 19.6 Å². The summed E-state index contributed by atoms with van der Waals surface area (Å²) in [5, 5.41) is 10.3. The number of hydrogen-bond donors (Lipinski definition) is 2. The first kappa shape index (κ1) is 13.2. The van der Waals surface area contributed by atoms with E-state index in [1.54, 1.807) is 12.1 Å². The number of carboxylic acids is 1. The van der Waals surface area contributed by atoms with Crippen LogP contribution in [0.4, 0.5) is 0 Å². The van der Waals surface area contributed by atoms with Gasteiger partial charge in [0.05, 0.1) is 5.56 Å². The number of aryl methyl sites for hydroxylation is 1. The van der Waals surface area contributed by atoms with Gasteiger partial charge in [-0.15, -0.1) is 0 Å². The molecule has 3 rings (SSSR count). The van der Waals surface area contributed by atoms with Crippen molar-refractivity contribution in [3.63, 3.8) is 0 Å². The van der Waals surface area contributed by atoms with Crippen LogP contribution in [0.1, 0.15) is 34.5 Å². The predicted octanol–water partition coefficient (Wildman–Crippen LogP) is 2.81. The molecule has 0 aliphatic carbocycles. The molecule has 2 heterocycles. The van der Waals surface area contributed by atoms with Crippen molar-refractivity contribution in [3.8, 4) is 0 Å². The van der Waals surface area contributed by atoms with Gasteiger partial charge in [0.25, 0.3) is 0 Å². The Kier molecular flexibility index (Phi) is 3.49. The molecule has 2 aromatic rings. The number of likely N-dealkylation sites (tertiary alicyclic amines) is 1. The average molecular weight is 272 g/mol. The van der Waals surface area contributed by atoms with Crippen LogP contribution in [-0.4, -0.2) is 40.6 Å². The fourth-order valence-electron chi connectivity index (χ4n) is 3.21. The van der Waals surface area contributed by atoms with Gasteiger partial charge in [-0.05, 0) is 57.0 Å². The Bertz CT molecular complexity index is 639. The second-order valence-corrected chi connectivity index (χ2v) is 5.56. The van der Waals surface area contributed by atoms with E-state index >= 15 is 0 Å². The van der Waals surface area contributed by atoms with Crippen LogP contribution >= 0.6 is 0 Å². The highest BCUT2D eigenvalue weighted by molar-refractivity contribution is 6.04. The maximum Gasteiger partial charge on any atom is 0.336 e. The minimum Gasteiger partial charge on any atom is -0.478 e. The topological polar surface area (TPSA) is 56.3 Å². The number of aromatic amines is 1. The van der Waals surface area contributed by atoms with Crippen LogP contribution in [0.3, 0.4) is 0 Å². The second kappa shape index (κ2) is 5.29.